The molecule has 0 amide bonds. The molecule has 2 N–H and O–H groups in total. The van der Waals surface area contributed by atoms with E-state index in [2.05, 4.69) is 6.07 Å². The highest BCUT2D eigenvalue weighted by molar-refractivity contribution is 6.35. The van der Waals surface area contributed by atoms with Gasteiger partial charge >= 0.3 is 0 Å². The number of rotatable bonds is 2. The van der Waals surface area contributed by atoms with Crippen molar-refractivity contribution in [3.05, 3.63) is 57.6 Å². The third-order valence-electron chi connectivity index (χ3n) is 2.70. The molecule has 2 aromatic rings. The van der Waals surface area contributed by atoms with Crippen molar-refractivity contribution in [3.8, 4) is 11.1 Å². The minimum Gasteiger partial charge on any atom is -0.326 e. The average Bonchev–Trinajstić information content (AvgIpc) is 2.32. The summed E-state index contributed by atoms with van der Waals surface area (Å²) in [4.78, 5) is 0. The first-order chi connectivity index (χ1) is 8.11. The molecule has 0 unspecified atom stereocenters. The van der Waals surface area contributed by atoms with Crippen molar-refractivity contribution in [1.82, 2.24) is 0 Å². The van der Waals surface area contributed by atoms with E-state index in [4.69, 9.17) is 28.9 Å². The predicted molar refractivity (Wildman–Crippen MR) is 74.5 cm³/mol. The SMILES string of the molecule is Cc1ccc(CN)c(-c2cc(Cl)ccc2Cl)c1. The lowest BCUT2D eigenvalue weighted by molar-refractivity contribution is 1.07. The van der Waals surface area contributed by atoms with Gasteiger partial charge in [0.25, 0.3) is 0 Å². The van der Waals surface area contributed by atoms with E-state index in [0.29, 0.717) is 16.6 Å². The Kier molecular flexibility index (Phi) is 3.72. The second kappa shape index (κ2) is 5.09. The summed E-state index contributed by atoms with van der Waals surface area (Å²) in [5.41, 5.74) is 9.98. The average molecular weight is 266 g/mol. The van der Waals surface area contributed by atoms with Gasteiger partial charge in [0.15, 0.2) is 0 Å². The Morgan fingerprint density at radius 1 is 1.00 bits per heavy atom. The van der Waals surface area contributed by atoms with Crippen molar-refractivity contribution in [2.75, 3.05) is 0 Å². The van der Waals surface area contributed by atoms with E-state index in [1.54, 1.807) is 6.07 Å². The molecule has 0 atom stereocenters. The van der Waals surface area contributed by atoms with Crippen LogP contribution < -0.4 is 5.73 Å². The second-order valence-corrected chi connectivity index (χ2v) is 4.83. The van der Waals surface area contributed by atoms with Crippen molar-refractivity contribution >= 4 is 23.2 Å². The Morgan fingerprint density at radius 3 is 2.47 bits per heavy atom. The van der Waals surface area contributed by atoms with Gasteiger partial charge in [-0.3, -0.25) is 0 Å². The first kappa shape index (κ1) is 12.4. The van der Waals surface area contributed by atoms with Gasteiger partial charge in [0.05, 0.1) is 0 Å². The van der Waals surface area contributed by atoms with Crippen molar-refractivity contribution in [2.45, 2.75) is 13.5 Å². The van der Waals surface area contributed by atoms with Crippen LogP contribution in [-0.2, 0) is 6.54 Å². The van der Waals surface area contributed by atoms with Crippen LogP contribution in [0.25, 0.3) is 11.1 Å². The monoisotopic (exact) mass is 265 g/mol. The molecule has 0 saturated carbocycles. The smallest absolute Gasteiger partial charge is 0.0485 e. The molecular weight excluding hydrogens is 253 g/mol. The normalized spacial score (nSPS) is 10.6. The van der Waals surface area contributed by atoms with Crippen LogP contribution in [0.15, 0.2) is 36.4 Å². The largest absolute Gasteiger partial charge is 0.326 e. The molecule has 0 heterocycles. The van der Waals surface area contributed by atoms with Crippen molar-refractivity contribution < 1.29 is 0 Å². The lowest BCUT2D eigenvalue weighted by atomic mass is 9.97. The van der Waals surface area contributed by atoms with E-state index in [9.17, 15) is 0 Å². The van der Waals surface area contributed by atoms with E-state index >= 15 is 0 Å². The zero-order valence-electron chi connectivity index (χ0n) is 9.50. The van der Waals surface area contributed by atoms with Crippen LogP contribution in [0.2, 0.25) is 10.0 Å². The summed E-state index contributed by atoms with van der Waals surface area (Å²) in [5, 5.41) is 1.36. The molecule has 0 bridgehead atoms. The quantitative estimate of drug-likeness (QED) is 0.855. The highest BCUT2D eigenvalue weighted by Crippen LogP contribution is 2.33. The van der Waals surface area contributed by atoms with E-state index in [1.165, 1.54) is 5.56 Å². The number of hydrogen-bond donors (Lipinski definition) is 1. The van der Waals surface area contributed by atoms with Gasteiger partial charge in [-0.1, -0.05) is 47.0 Å². The Balaban J connectivity index is 2.66. The summed E-state index contributed by atoms with van der Waals surface area (Å²) in [6.45, 7) is 2.53. The molecule has 0 aliphatic rings. The van der Waals surface area contributed by atoms with Gasteiger partial charge in [-0.15, -0.1) is 0 Å². The van der Waals surface area contributed by atoms with Crippen LogP contribution >= 0.6 is 23.2 Å². The lowest BCUT2D eigenvalue weighted by Gasteiger charge is -2.11. The van der Waals surface area contributed by atoms with Crippen LogP contribution in [0, 0.1) is 6.92 Å². The minimum atomic E-state index is 0.485. The van der Waals surface area contributed by atoms with Crippen molar-refractivity contribution in [2.24, 2.45) is 5.73 Å². The number of nitrogens with two attached hydrogens (primary N) is 1. The fourth-order valence-electron chi connectivity index (χ4n) is 1.82. The Labute approximate surface area is 111 Å². The maximum Gasteiger partial charge on any atom is 0.0485 e. The minimum absolute atomic E-state index is 0.485. The van der Waals surface area contributed by atoms with Crippen molar-refractivity contribution in [1.29, 1.82) is 0 Å². The zero-order valence-corrected chi connectivity index (χ0v) is 11.0. The lowest BCUT2D eigenvalue weighted by Crippen LogP contribution is -1.99. The van der Waals surface area contributed by atoms with Crippen LogP contribution in [-0.4, -0.2) is 0 Å². The van der Waals surface area contributed by atoms with Gasteiger partial charge in [-0.2, -0.15) is 0 Å². The fourth-order valence-corrected chi connectivity index (χ4v) is 2.21. The summed E-state index contributed by atoms with van der Waals surface area (Å²) in [5.74, 6) is 0. The van der Waals surface area contributed by atoms with Crippen LogP contribution in [0.4, 0.5) is 0 Å². The topological polar surface area (TPSA) is 26.0 Å². The summed E-state index contributed by atoms with van der Waals surface area (Å²) >= 11 is 12.2. The van der Waals surface area contributed by atoms with E-state index in [1.807, 2.05) is 31.2 Å². The number of hydrogen-bond acceptors (Lipinski definition) is 1. The third-order valence-corrected chi connectivity index (χ3v) is 3.27. The third kappa shape index (κ3) is 2.63. The van der Waals surface area contributed by atoms with Crippen LogP contribution in [0.5, 0.6) is 0 Å². The highest BCUT2D eigenvalue weighted by Gasteiger charge is 2.09. The Bertz CT molecular complexity index is 550. The molecule has 0 fully saturated rings. The first-order valence-electron chi connectivity index (χ1n) is 5.37. The van der Waals surface area contributed by atoms with Gasteiger partial charge in [0.2, 0.25) is 0 Å². The summed E-state index contributed by atoms with van der Waals surface area (Å²) in [6, 6.07) is 11.6. The van der Waals surface area contributed by atoms with Gasteiger partial charge in [-0.25, -0.2) is 0 Å². The molecule has 0 aliphatic heterocycles. The van der Waals surface area contributed by atoms with Gasteiger partial charge in [0, 0.05) is 22.2 Å². The molecule has 0 aromatic heterocycles. The molecule has 0 spiro atoms. The first-order valence-corrected chi connectivity index (χ1v) is 6.12. The molecule has 2 aromatic carbocycles. The molecule has 3 heteroatoms. The second-order valence-electron chi connectivity index (χ2n) is 3.99. The Hall–Kier alpha value is -1.02. The molecule has 0 saturated heterocycles. The standard InChI is InChI=1S/C14H13Cl2N/c1-9-2-3-10(8-17)12(6-9)13-7-11(15)4-5-14(13)16/h2-7H,8,17H2,1H3. The number of aryl methyl sites for hydroxylation is 1. The zero-order chi connectivity index (χ0) is 12.4. The summed E-state index contributed by atoms with van der Waals surface area (Å²) < 4.78 is 0. The van der Waals surface area contributed by atoms with E-state index < -0.39 is 0 Å². The molecule has 1 nitrogen and oxygen atoms in total. The molecule has 0 aliphatic carbocycles. The summed E-state index contributed by atoms with van der Waals surface area (Å²) in [6.07, 6.45) is 0. The Morgan fingerprint density at radius 2 is 1.76 bits per heavy atom. The van der Waals surface area contributed by atoms with Gasteiger partial charge < -0.3 is 5.73 Å². The molecule has 0 radical (unpaired) electrons. The fraction of sp³-hybridized carbons (Fsp3) is 0.143. The van der Waals surface area contributed by atoms with E-state index in [0.717, 1.165) is 16.7 Å². The molecule has 88 valence electrons. The molecule has 2 rings (SSSR count). The van der Waals surface area contributed by atoms with Gasteiger partial charge in [0.1, 0.15) is 0 Å². The van der Waals surface area contributed by atoms with Crippen LogP contribution in [0.1, 0.15) is 11.1 Å². The van der Waals surface area contributed by atoms with Crippen LogP contribution in [0.3, 0.4) is 0 Å². The summed E-state index contributed by atoms with van der Waals surface area (Å²) in [7, 11) is 0. The predicted octanol–water partition coefficient (Wildman–Crippen LogP) is 4.43. The number of halogens is 2. The number of benzene rings is 2. The van der Waals surface area contributed by atoms with Crippen molar-refractivity contribution in [3.63, 3.8) is 0 Å². The highest BCUT2D eigenvalue weighted by atomic mass is 35.5. The molecule has 17 heavy (non-hydrogen) atoms. The maximum absolute atomic E-state index is 6.21. The van der Waals surface area contributed by atoms with E-state index in [-0.39, 0.29) is 0 Å². The maximum atomic E-state index is 6.21. The molecular formula is C14H13Cl2N. The van der Waals surface area contributed by atoms with Gasteiger partial charge in [-0.05, 0) is 36.2 Å².